The highest BCUT2D eigenvalue weighted by Crippen LogP contribution is 2.32. The Balaban J connectivity index is 1.43. The maximum atomic E-state index is 5.41. The highest BCUT2D eigenvalue weighted by atomic mass is 32.2. The van der Waals surface area contributed by atoms with E-state index < -0.39 is 0 Å². The van der Waals surface area contributed by atoms with Gasteiger partial charge in [-0.15, -0.1) is 11.8 Å². The van der Waals surface area contributed by atoms with Gasteiger partial charge < -0.3 is 10.1 Å². The number of hydrogen-bond acceptors (Lipinski definition) is 5. The smallest absolute Gasteiger partial charge is 0.183 e. The SMILES string of the molecule is c1nc(NC2CCCCC2)sc1SCC1CCOCC1. The zero-order valence-electron chi connectivity index (χ0n) is 12.0. The van der Waals surface area contributed by atoms with Gasteiger partial charge in [-0.3, -0.25) is 0 Å². The quantitative estimate of drug-likeness (QED) is 0.817. The topological polar surface area (TPSA) is 34.2 Å². The second kappa shape index (κ2) is 7.66. The van der Waals surface area contributed by atoms with Crippen LogP contribution in [0.25, 0.3) is 0 Å². The lowest BCUT2D eigenvalue weighted by atomic mass is 9.96. The molecule has 1 saturated heterocycles. The molecule has 0 unspecified atom stereocenters. The van der Waals surface area contributed by atoms with Crippen LogP contribution >= 0.6 is 23.1 Å². The van der Waals surface area contributed by atoms with E-state index in [4.69, 9.17) is 4.74 Å². The third-order valence-electron chi connectivity index (χ3n) is 4.22. The Hall–Kier alpha value is -0.260. The zero-order valence-corrected chi connectivity index (χ0v) is 13.6. The molecule has 1 aromatic rings. The van der Waals surface area contributed by atoms with Gasteiger partial charge in [0.15, 0.2) is 5.13 Å². The molecular weight excluding hydrogens is 288 g/mol. The molecule has 0 atom stereocenters. The molecule has 3 rings (SSSR count). The van der Waals surface area contributed by atoms with Gasteiger partial charge in [-0.25, -0.2) is 4.98 Å². The van der Waals surface area contributed by atoms with E-state index in [0.717, 1.165) is 24.3 Å². The van der Waals surface area contributed by atoms with Gasteiger partial charge in [-0.2, -0.15) is 0 Å². The van der Waals surface area contributed by atoms with Gasteiger partial charge in [0.25, 0.3) is 0 Å². The molecule has 3 nitrogen and oxygen atoms in total. The van der Waals surface area contributed by atoms with E-state index >= 15 is 0 Å². The number of hydrogen-bond donors (Lipinski definition) is 1. The Kier molecular flexibility index (Phi) is 5.62. The molecule has 1 aliphatic heterocycles. The Bertz CT molecular complexity index is 398. The molecule has 20 heavy (non-hydrogen) atoms. The van der Waals surface area contributed by atoms with E-state index in [1.807, 2.05) is 29.3 Å². The van der Waals surface area contributed by atoms with Crippen LogP contribution in [0, 0.1) is 5.92 Å². The zero-order chi connectivity index (χ0) is 13.6. The molecule has 1 aliphatic carbocycles. The first-order chi connectivity index (χ1) is 9.90. The van der Waals surface area contributed by atoms with Crippen molar-refractivity contribution < 1.29 is 4.74 Å². The molecule has 0 amide bonds. The Labute approximate surface area is 129 Å². The fraction of sp³-hybridized carbons (Fsp3) is 0.800. The molecule has 0 aromatic carbocycles. The van der Waals surface area contributed by atoms with Gasteiger partial charge in [0.1, 0.15) is 0 Å². The fourth-order valence-corrected chi connectivity index (χ4v) is 5.09. The van der Waals surface area contributed by atoms with Crippen molar-refractivity contribution in [3.63, 3.8) is 0 Å². The lowest BCUT2D eigenvalue weighted by Gasteiger charge is -2.22. The van der Waals surface area contributed by atoms with Crippen molar-refractivity contribution in [3.8, 4) is 0 Å². The van der Waals surface area contributed by atoms with Crippen LogP contribution in [0.2, 0.25) is 0 Å². The summed E-state index contributed by atoms with van der Waals surface area (Å²) in [4.78, 5) is 4.54. The average molecular weight is 313 g/mol. The highest BCUT2D eigenvalue weighted by Gasteiger charge is 2.16. The summed E-state index contributed by atoms with van der Waals surface area (Å²) in [5, 5.41) is 4.73. The minimum atomic E-state index is 0.656. The molecular formula is C15H24N2OS2. The first-order valence-corrected chi connectivity index (χ1v) is 9.63. The van der Waals surface area contributed by atoms with E-state index in [9.17, 15) is 0 Å². The van der Waals surface area contributed by atoms with Crippen LogP contribution < -0.4 is 5.32 Å². The normalized spacial score (nSPS) is 22.0. The number of nitrogens with one attached hydrogen (secondary N) is 1. The van der Waals surface area contributed by atoms with Gasteiger partial charge in [0.05, 0.1) is 10.4 Å². The van der Waals surface area contributed by atoms with Gasteiger partial charge in [-0.05, 0) is 31.6 Å². The lowest BCUT2D eigenvalue weighted by Crippen LogP contribution is -2.21. The number of thiazole rings is 1. The van der Waals surface area contributed by atoms with Crippen molar-refractivity contribution in [2.45, 2.75) is 55.2 Å². The van der Waals surface area contributed by atoms with Crippen molar-refractivity contribution in [2.24, 2.45) is 5.92 Å². The van der Waals surface area contributed by atoms with E-state index in [0.29, 0.717) is 6.04 Å². The Morgan fingerprint density at radius 3 is 2.80 bits per heavy atom. The highest BCUT2D eigenvalue weighted by molar-refractivity contribution is 8.01. The van der Waals surface area contributed by atoms with E-state index in [1.165, 1.54) is 54.9 Å². The first kappa shape index (κ1) is 14.7. The third kappa shape index (κ3) is 4.37. The summed E-state index contributed by atoms with van der Waals surface area (Å²) in [6, 6.07) is 0.656. The van der Waals surface area contributed by atoms with Crippen molar-refractivity contribution in [1.82, 2.24) is 4.98 Å². The summed E-state index contributed by atoms with van der Waals surface area (Å²) in [6.07, 6.45) is 11.2. The summed E-state index contributed by atoms with van der Waals surface area (Å²) in [6.45, 7) is 1.89. The van der Waals surface area contributed by atoms with Crippen molar-refractivity contribution in [2.75, 3.05) is 24.3 Å². The predicted octanol–water partition coefficient (Wildman–Crippen LogP) is 4.41. The number of aromatic nitrogens is 1. The minimum Gasteiger partial charge on any atom is -0.381 e. The van der Waals surface area contributed by atoms with E-state index in [-0.39, 0.29) is 0 Å². The lowest BCUT2D eigenvalue weighted by molar-refractivity contribution is 0.0728. The first-order valence-electron chi connectivity index (χ1n) is 7.83. The standard InChI is InChI=1S/C15H24N2OS2/c1-2-4-13(5-3-1)17-15-16-10-14(20-15)19-11-12-6-8-18-9-7-12/h10,12-13H,1-9,11H2,(H,16,17). The van der Waals surface area contributed by atoms with Gasteiger partial charge in [-0.1, -0.05) is 30.6 Å². The average Bonchev–Trinajstić information content (AvgIpc) is 2.95. The Morgan fingerprint density at radius 2 is 2.00 bits per heavy atom. The van der Waals surface area contributed by atoms with Crippen LogP contribution in [-0.4, -0.2) is 30.0 Å². The minimum absolute atomic E-state index is 0.656. The van der Waals surface area contributed by atoms with Crippen LogP contribution in [0.5, 0.6) is 0 Å². The van der Waals surface area contributed by atoms with E-state index in [2.05, 4.69) is 10.3 Å². The van der Waals surface area contributed by atoms with Crippen LogP contribution in [-0.2, 0) is 4.74 Å². The molecule has 1 aromatic heterocycles. The molecule has 1 N–H and O–H groups in total. The van der Waals surface area contributed by atoms with Crippen molar-refractivity contribution >= 4 is 28.2 Å². The van der Waals surface area contributed by atoms with Crippen LogP contribution in [0.3, 0.4) is 0 Å². The summed E-state index contributed by atoms with van der Waals surface area (Å²) < 4.78 is 6.77. The van der Waals surface area contributed by atoms with E-state index in [1.54, 1.807) is 0 Å². The maximum Gasteiger partial charge on any atom is 0.183 e. The molecule has 5 heteroatoms. The van der Waals surface area contributed by atoms with Crippen LogP contribution in [0.1, 0.15) is 44.9 Å². The predicted molar refractivity (Wildman–Crippen MR) is 86.9 cm³/mol. The third-order valence-corrected chi connectivity index (χ3v) is 6.57. The fourth-order valence-electron chi connectivity index (χ4n) is 2.93. The number of rotatable bonds is 5. The molecule has 0 radical (unpaired) electrons. The van der Waals surface area contributed by atoms with Crippen LogP contribution in [0.15, 0.2) is 10.4 Å². The molecule has 0 bridgehead atoms. The molecule has 2 heterocycles. The molecule has 0 spiro atoms. The van der Waals surface area contributed by atoms with Crippen molar-refractivity contribution in [1.29, 1.82) is 0 Å². The number of anilines is 1. The number of ether oxygens (including phenoxy) is 1. The van der Waals surface area contributed by atoms with Crippen LogP contribution in [0.4, 0.5) is 5.13 Å². The number of nitrogens with zero attached hydrogens (tertiary/aromatic N) is 1. The summed E-state index contributed by atoms with van der Waals surface area (Å²) in [5.41, 5.74) is 0. The second-order valence-corrected chi connectivity index (χ2v) is 8.18. The molecule has 2 fully saturated rings. The second-order valence-electron chi connectivity index (χ2n) is 5.83. The molecule has 112 valence electrons. The molecule has 1 saturated carbocycles. The van der Waals surface area contributed by atoms with Crippen molar-refractivity contribution in [3.05, 3.63) is 6.20 Å². The van der Waals surface area contributed by atoms with Gasteiger partial charge in [0, 0.05) is 25.0 Å². The maximum absolute atomic E-state index is 5.41. The monoisotopic (exact) mass is 312 g/mol. The molecule has 2 aliphatic rings. The number of thioether (sulfide) groups is 1. The van der Waals surface area contributed by atoms with Gasteiger partial charge in [0.2, 0.25) is 0 Å². The largest absolute Gasteiger partial charge is 0.381 e. The summed E-state index contributed by atoms with van der Waals surface area (Å²) in [5.74, 6) is 2.04. The summed E-state index contributed by atoms with van der Waals surface area (Å²) >= 11 is 3.79. The Morgan fingerprint density at radius 1 is 1.20 bits per heavy atom. The van der Waals surface area contributed by atoms with Gasteiger partial charge >= 0.3 is 0 Å². The summed E-state index contributed by atoms with van der Waals surface area (Å²) in [7, 11) is 0.